The molecule has 0 radical (unpaired) electrons. The number of carbonyl (C=O) groups is 4. The maximum Gasteiger partial charge on any atom is 0.274 e. The molecule has 0 spiro atoms. The molecule has 14 heteroatoms. The molecule has 2 fully saturated rings. The Balaban J connectivity index is 0.948. The Morgan fingerprint density at radius 3 is 2.53 bits per heavy atom. The summed E-state index contributed by atoms with van der Waals surface area (Å²) in [4.78, 5) is 71.0. The van der Waals surface area contributed by atoms with Crippen LogP contribution >= 0.6 is 15.9 Å². The van der Waals surface area contributed by atoms with Crippen LogP contribution in [0.3, 0.4) is 0 Å². The van der Waals surface area contributed by atoms with Crippen LogP contribution < -0.4 is 25.7 Å². The number of pyridine rings is 1. The number of nitrogens with one attached hydrogen (secondary N) is 2. The van der Waals surface area contributed by atoms with Gasteiger partial charge in [0.1, 0.15) is 46.7 Å². The van der Waals surface area contributed by atoms with Crippen molar-refractivity contribution in [3.05, 3.63) is 98.4 Å². The van der Waals surface area contributed by atoms with Crippen molar-refractivity contribution in [2.24, 2.45) is 0 Å². The van der Waals surface area contributed by atoms with Crippen molar-refractivity contribution in [1.29, 1.82) is 0 Å². The number of piperidine rings is 2. The summed E-state index contributed by atoms with van der Waals surface area (Å²) in [6.07, 6.45) is 2.68. The number of halogens is 1. The van der Waals surface area contributed by atoms with Crippen molar-refractivity contribution >= 4 is 51.0 Å². The fraction of sp³-hybridized carbons (Fsp3) is 0.314. The van der Waals surface area contributed by atoms with E-state index in [1.54, 1.807) is 30.5 Å². The molecule has 5 heterocycles. The number of fused-ring (bicyclic) bond motifs is 2. The van der Waals surface area contributed by atoms with Crippen molar-refractivity contribution in [2.45, 2.75) is 37.3 Å². The molecule has 252 valence electrons. The van der Waals surface area contributed by atoms with Crippen molar-refractivity contribution in [3.63, 3.8) is 0 Å². The number of imide groups is 2. The molecule has 0 aliphatic carbocycles. The zero-order valence-corrected chi connectivity index (χ0v) is 28.1. The smallest absolute Gasteiger partial charge is 0.274 e. The van der Waals surface area contributed by atoms with E-state index < -0.39 is 29.7 Å². The van der Waals surface area contributed by atoms with Crippen LogP contribution in [-0.2, 0) is 9.59 Å². The number of likely N-dealkylation sites (tertiary alicyclic amines) is 1. The van der Waals surface area contributed by atoms with E-state index in [1.807, 2.05) is 30.3 Å². The highest BCUT2D eigenvalue weighted by Crippen LogP contribution is 2.34. The zero-order chi connectivity index (χ0) is 34.2. The van der Waals surface area contributed by atoms with Crippen LogP contribution in [0.15, 0.2) is 76.1 Å². The number of nitrogens with zero attached hydrogens (tertiary/aromatic N) is 4. The molecule has 2 aromatic carbocycles. The number of anilines is 1. The third-order valence-electron chi connectivity index (χ3n) is 9.04. The van der Waals surface area contributed by atoms with Gasteiger partial charge in [-0.25, -0.2) is 4.98 Å². The van der Waals surface area contributed by atoms with Crippen molar-refractivity contribution in [1.82, 2.24) is 24.5 Å². The van der Waals surface area contributed by atoms with Gasteiger partial charge in [0, 0.05) is 31.7 Å². The van der Waals surface area contributed by atoms with Gasteiger partial charge in [-0.1, -0.05) is 24.3 Å². The first-order valence-corrected chi connectivity index (χ1v) is 16.8. The van der Waals surface area contributed by atoms with Gasteiger partial charge in [0.25, 0.3) is 17.4 Å². The van der Waals surface area contributed by atoms with E-state index in [-0.39, 0.29) is 60.5 Å². The lowest BCUT2D eigenvalue weighted by Gasteiger charge is -2.36. The van der Waals surface area contributed by atoms with E-state index in [4.69, 9.17) is 9.47 Å². The van der Waals surface area contributed by atoms with Crippen molar-refractivity contribution < 1.29 is 28.7 Å². The standard InChI is InChI=1S/C35H33BrN6O7/c1-40-18-21(17-22(19-40)37-31-30(36)35(47)41-14-3-2-7-27(41)38-31)20-8-10-23(11-9-20)48-15-16-49-26-6-4-5-24-29(26)34(46)42(33(24)45)25-12-13-28(43)39-32(25)44/h2-11,14,21-22,25,37H,12-13,15-19H2,1H3,(H,39,43,44). The minimum atomic E-state index is -1.05. The van der Waals surface area contributed by atoms with Crippen LogP contribution in [0.5, 0.6) is 11.5 Å². The predicted molar refractivity (Wildman–Crippen MR) is 182 cm³/mol. The summed E-state index contributed by atoms with van der Waals surface area (Å²) in [6.45, 7) is 1.98. The quantitative estimate of drug-likeness (QED) is 0.194. The number of benzene rings is 2. The van der Waals surface area contributed by atoms with E-state index in [1.165, 1.54) is 10.5 Å². The highest BCUT2D eigenvalue weighted by atomic mass is 79.9. The van der Waals surface area contributed by atoms with Crippen LogP contribution in [0.2, 0.25) is 0 Å². The first-order chi connectivity index (χ1) is 23.7. The lowest BCUT2D eigenvalue weighted by molar-refractivity contribution is -0.136. The maximum absolute atomic E-state index is 13.3. The normalized spacial score (nSPS) is 21.1. The molecule has 3 unspecified atom stereocenters. The van der Waals surface area contributed by atoms with Gasteiger partial charge in [0.2, 0.25) is 11.8 Å². The molecule has 4 aromatic rings. The van der Waals surface area contributed by atoms with E-state index in [2.05, 4.69) is 43.5 Å². The van der Waals surface area contributed by atoms with E-state index in [0.717, 1.165) is 30.0 Å². The molecular formula is C35H33BrN6O7. The van der Waals surface area contributed by atoms with Gasteiger partial charge in [0.15, 0.2) is 0 Å². The molecule has 0 bridgehead atoms. The lowest BCUT2D eigenvalue weighted by Crippen LogP contribution is -2.54. The van der Waals surface area contributed by atoms with Crippen LogP contribution in [0.1, 0.15) is 51.5 Å². The molecule has 2 N–H and O–H groups in total. The topological polar surface area (TPSA) is 152 Å². The van der Waals surface area contributed by atoms with Gasteiger partial charge >= 0.3 is 0 Å². The van der Waals surface area contributed by atoms with Gasteiger partial charge in [-0.2, -0.15) is 0 Å². The number of carbonyl (C=O) groups excluding carboxylic acids is 4. The average molecular weight is 730 g/mol. The molecule has 13 nitrogen and oxygen atoms in total. The number of hydrogen-bond donors (Lipinski definition) is 2. The largest absolute Gasteiger partial charge is 0.490 e. The highest BCUT2D eigenvalue weighted by Gasteiger charge is 2.46. The van der Waals surface area contributed by atoms with Gasteiger partial charge in [-0.05, 0) is 83.7 Å². The molecule has 7 rings (SSSR count). The summed E-state index contributed by atoms with van der Waals surface area (Å²) in [5.74, 6) is -0.639. The molecule has 49 heavy (non-hydrogen) atoms. The Morgan fingerprint density at radius 2 is 1.73 bits per heavy atom. The minimum absolute atomic E-state index is 0.0481. The second kappa shape index (κ2) is 13.4. The highest BCUT2D eigenvalue weighted by molar-refractivity contribution is 9.10. The zero-order valence-electron chi connectivity index (χ0n) is 26.6. The first-order valence-electron chi connectivity index (χ1n) is 16.0. The molecule has 4 amide bonds. The summed E-state index contributed by atoms with van der Waals surface area (Å²) in [5, 5.41) is 5.69. The second-order valence-electron chi connectivity index (χ2n) is 12.4. The van der Waals surface area contributed by atoms with Crippen molar-refractivity contribution in [2.75, 3.05) is 38.7 Å². The summed E-state index contributed by atoms with van der Waals surface area (Å²) in [6, 6.07) is 17.1. The Kier molecular flexibility index (Phi) is 8.90. The Bertz CT molecular complexity index is 2030. The second-order valence-corrected chi connectivity index (χ2v) is 13.2. The third-order valence-corrected chi connectivity index (χ3v) is 9.76. The number of aromatic nitrogens is 2. The molecule has 3 aliphatic rings. The number of rotatable bonds is 9. The number of hydrogen-bond acceptors (Lipinski definition) is 10. The summed E-state index contributed by atoms with van der Waals surface area (Å²) < 4.78 is 13.7. The third kappa shape index (κ3) is 6.41. The molecule has 3 aliphatic heterocycles. The summed E-state index contributed by atoms with van der Waals surface area (Å²) in [7, 11) is 2.08. The van der Waals surface area contributed by atoms with Gasteiger partial charge < -0.3 is 19.7 Å². The lowest BCUT2D eigenvalue weighted by atomic mass is 9.88. The summed E-state index contributed by atoms with van der Waals surface area (Å²) >= 11 is 3.44. The Labute approximate surface area is 289 Å². The minimum Gasteiger partial charge on any atom is -0.490 e. The average Bonchev–Trinajstić information content (AvgIpc) is 3.35. The maximum atomic E-state index is 13.3. The van der Waals surface area contributed by atoms with Crippen molar-refractivity contribution in [3.8, 4) is 11.5 Å². The van der Waals surface area contributed by atoms with Gasteiger partial charge in [-0.15, -0.1) is 0 Å². The van der Waals surface area contributed by atoms with E-state index in [9.17, 15) is 24.0 Å². The molecule has 2 saturated heterocycles. The number of likely N-dealkylation sites (N-methyl/N-ethyl adjacent to an activating group) is 1. The predicted octanol–water partition coefficient (Wildman–Crippen LogP) is 3.22. The number of ether oxygens (including phenoxy) is 2. The van der Waals surface area contributed by atoms with Crippen LogP contribution in [0, 0.1) is 0 Å². The van der Waals surface area contributed by atoms with Crippen LogP contribution in [0.25, 0.3) is 5.65 Å². The Hall–Kier alpha value is -5.08. The molecular weight excluding hydrogens is 696 g/mol. The van der Waals surface area contributed by atoms with Gasteiger partial charge in [-0.3, -0.25) is 38.6 Å². The first kappa shape index (κ1) is 32.5. The van der Waals surface area contributed by atoms with Gasteiger partial charge in [0.05, 0.1) is 11.1 Å². The fourth-order valence-electron chi connectivity index (χ4n) is 6.77. The van der Waals surface area contributed by atoms with Crippen LogP contribution in [0.4, 0.5) is 5.82 Å². The van der Waals surface area contributed by atoms with E-state index >= 15 is 0 Å². The van der Waals surface area contributed by atoms with E-state index in [0.29, 0.717) is 21.7 Å². The SMILES string of the molecule is CN1CC(Nc2nc3ccccn3c(=O)c2Br)CC(c2ccc(OCCOc3cccc4c3C(=O)N(C3CCC(=O)NC3=O)C4=O)cc2)C1. The molecule has 3 atom stereocenters. The molecule has 0 saturated carbocycles. The summed E-state index contributed by atoms with van der Waals surface area (Å²) in [5.41, 5.74) is 1.83. The fourth-order valence-corrected chi connectivity index (χ4v) is 7.17. The Morgan fingerprint density at radius 1 is 0.939 bits per heavy atom. The monoisotopic (exact) mass is 728 g/mol. The van der Waals surface area contributed by atoms with Crippen LogP contribution in [-0.4, -0.2) is 88.2 Å². The number of amides is 4. The molecule has 2 aromatic heterocycles.